The SMILES string of the molecule is C=CCCCO[Si](C#CCOC)(OC(C)(C)CC=C)C1CCCC1. The first-order valence-electron chi connectivity index (χ1n) is 9.04. The maximum Gasteiger partial charge on any atom is 0.427 e. The molecule has 1 rings (SSSR count). The third kappa shape index (κ3) is 6.94. The predicted octanol–water partition coefficient (Wildman–Crippen LogP) is 4.92. The van der Waals surface area contributed by atoms with Crippen molar-refractivity contribution in [2.45, 2.75) is 69.9 Å². The number of allylic oxidation sites excluding steroid dienone is 1. The molecule has 0 aromatic heterocycles. The normalized spacial score (nSPS) is 17.8. The molecule has 1 aliphatic rings. The topological polar surface area (TPSA) is 27.7 Å². The molecule has 136 valence electrons. The average molecular weight is 351 g/mol. The van der Waals surface area contributed by atoms with Gasteiger partial charge in [-0.15, -0.1) is 13.2 Å². The summed E-state index contributed by atoms with van der Waals surface area (Å²) in [6, 6.07) is 0. The average Bonchev–Trinajstić information content (AvgIpc) is 3.06. The minimum absolute atomic E-state index is 0.309. The smallest absolute Gasteiger partial charge is 0.385 e. The lowest BCUT2D eigenvalue weighted by Gasteiger charge is -2.38. The Morgan fingerprint density at radius 3 is 2.50 bits per heavy atom. The van der Waals surface area contributed by atoms with Crippen molar-refractivity contribution in [2.24, 2.45) is 0 Å². The van der Waals surface area contributed by atoms with Crippen LogP contribution >= 0.6 is 0 Å². The Kier molecular flexibility index (Phi) is 9.61. The van der Waals surface area contributed by atoms with Crippen LogP contribution in [0.25, 0.3) is 0 Å². The van der Waals surface area contributed by atoms with E-state index in [0.717, 1.165) is 32.1 Å². The molecule has 3 nitrogen and oxygen atoms in total. The van der Waals surface area contributed by atoms with Gasteiger partial charge in [-0.3, -0.25) is 0 Å². The van der Waals surface area contributed by atoms with Crippen LogP contribution < -0.4 is 0 Å². The Morgan fingerprint density at radius 1 is 1.21 bits per heavy atom. The zero-order valence-electron chi connectivity index (χ0n) is 15.7. The van der Waals surface area contributed by atoms with Gasteiger partial charge in [0, 0.05) is 19.3 Å². The Hall–Kier alpha value is -0.863. The van der Waals surface area contributed by atoms with Crippen LogP contribution in [-0.2, 0) is 13.6 Å². The van der Waals surface area contributed by atoms with Gasteiger partial charge in [0.2, 0.25) is 0 Å². The van der Waals surface area contributed by atoms with Gasteiger partial charge in [0.25, 0.3) is 0 Å². The standard InChI is InChI=1S/C20H34O3Si/c1-6-8-11-17-22-24(18-12-16-21-5,19-13-9-10-14-19)23-20(3,4)15-7-2/h6-7,19H,1-2,8-11,13-17H2,3-5H3. The molecule has 4 heteroatoms. The van der Waals surface area contributed by atoms with E-state index >= 15 is 0 Å². The lowest BCUT2D eigenvalue weighted by atomic mass is 10.1. The molecule has 24 heavy (non-hydrogen) atoms. The summed E-state index contributed by atoms with van der Waals surface area (Å²) in [6.45, 7) is 13.0. The number of ether oxygens (including phenoxy) is 1. The van der Waals surface area contributed by atoms with Crippen molar-refractivity contribution in [2.75, 3.05) is 20.3 Å². The molecule has 0 aliphatic heterocycles. The highest BCUT2D eigenvalue weighted by atomic mass is 28.4. The van der Waals surface area contributed by atoms with Gasteiger partial charge in [-0.2, -0.15) is 0 Å². The highest BCUT2D eigenvalue weighted by molar-refractivity contribution is 6.77. The molecule has 1 unspecified atom stereocenters. The first kappa shape index (κ1) is 21.2. The van der Waals surface area contributed by atoms with Gasteiger partial charge in [0.05, 0.1) is 5.60 Å². The molecule has 1 saturated carbocycles. The van der Waals surface area contributed by atoms with E-state index in [2.05, 4.69) is 38.5 Å². The molecule has 1 atom stereocenters. The van der Waals surface area contributed by atoms with Crippen LogP contribution in [0.1, 0.15) is 58.8 Å². The van der Waals surface area contributed by atoms with Crippen molar-refractivity contribution in [1.29, 1.82) is 0 Å². The van der Waals surface area contributed by atoms with Crippen LogP contribution in [0, 0.1) is 11.5 Å². The molecule has 1 aliphatic carbocycles. The monoisotopic (exact) mass is 350 g/mol. The summed E-state index contributed by atoms with van der Waals surface area (Å²) < 4.78 is 18.2. The third-order valence-corrected chi connectivity index (χ3v) is 7.97. The van der Waals surface area contributed by atoms with Crippen LogP contribution in [0.2, 0.25) is 5.54 Å². The summed E-state index contributed by atoms with van der Waals surface area (Å²) in [5.74, 6) is 3.15. The Morgan fingerprint density at radius 2 is 1.92 bits per heavy atom. The zero-order valence-corrected chi connectivity index (χ0v) is 16.7. The number of hydrogen-bond donors (Lipinski definition) is 0. The summed E-state index contributed by atoms with van der Waals surface area (Å²) in [5.41, 5.74) is 3.56. The van der Waals surface area contributed by atoms with Crippen LogP contribution in [0.4, 0.5) is 0 Å². The van der Waals surface area contributed by atoms with E-state index in [-0.39, 0.29) is 5.60 Å². The maximum absolute atomic E-state index is 6.67. The van der Waals surface area contributed by atoms with Crippen LogP contribution in [-0.4, -0.2) is 34.5 Å². The molecule has 0 radical (unpaired) electrons. The molecule has 0 saturated heterocycles. The van der Waals surface area contributed by atoms with E-state index in [9.17, 15) is 0 Å². The number of hydrogen-bond acceptors (Lipinski definition) is 3. The van der Waals surface area contributed by atoms with Crippen molar-refractivity contribution in [3.05, 3.63) is 25.3 Å². The van der Waals surface area contributed by atoms with Crippen LogP contribution in [0.5, 0.6) is 0 Å². The van der Waals surface area contributed by atoms with E-state index < -0.39 is 8.56 Å². The fraction of sp³-hybridized carbons (Fsp3) is 0.700. The molecule has 0 spiro atoms. The fourth-order valence-electron chi connectivity index (χ4n) is 3.18. The van der Waals surface area contributed by atoms with Gasteiger partial charge < -0.3 is 13.6 Å². The molecule has 1 fully saturated rings. The van der Waals surface area contributed by atoms with Gasteiger partial charge in [-0.1, -0.05) is 36.5 Å². The van der Waals surface area contributed by atoms with Crippen molar-refractivity contribution in [1.82, 2.24) is 0 Å². The predicted molar refractivity (Wildman–Crippen MR) is 103 cm³/mol. The molecular formula is C20H34O3Si. The second-order valence-corrected chi connectivity index (χ2v) is 9.91. The second-order valence-electron chi connectivity index (χ2n) is 7.02. The lowest BCUT2D eigenvalue weighted by molar-refractivity contribution is 0.0524. The quantitative estimate of drug-likeness (QED) is 0.229. The largest absolute Gasteiger partial charge is 0.427 e. The minimum Gasteiger partial charge on any atom is -0.385 e. The maximum atomic E-state index is 6.67. The van der Waals surface area contributed by atoms with Crippen molar-refractivity contribution in [3.8, 4) is 11.5 Å². The van der Waals surface area contributed by atoms with E-state index in [1.165, 1.54) is 12.8 Å². The summed E-state index contributed by atoms with van der Waals surface area (Å²) in [4.78, 5) is 0. The molecular weight excluding hydrogens is 316 g/mol. The van der Waals surface area contributed by atoms with Crippen molar-refractivity contribution in [3.63, 3.8) is 0 Å². The highest BCUT2D eigenvalue weighted by Gasteiger charge is 2.49. The minimum atomic E-state index is -2.65. The van der Waals surface area contributed by atoms with E-state index in [1.54, 1.807) is 7.11 Å². The molecule has 0 aromatic carbocycles. The Bertz CT molecular complexity index is 444. The van der Waals surface area contributed by atoms with Gasteiger partial charge in [-0.05, 0) is 46.0 Å². The van der Waals surface area contributed by atoms with E-state index in [1.807, 2.05) is 12.2 Å². The first-order chi connectivity index (χ1) is 11.5. The molecule has 0 amide bonds. The van der Waals surface area contributed by atoms with Crippen molar-refractivity contribution < 1.29 is 13.6 Å². The molecule has 0 heterocycles. The van der Waals surface area contributed by atoms with E-state index in [4.69, 9.17) is 13.6 Å². The summed E-state index contributed by atoms with van der Waals surface area (Å²) in [7, 11) is -0.978. The molecule has 0 bridgehead atoms. The van der Waals surface area contributed by atoms with Gasteiger partial charge in [0.1, 0.15) is 6.61 Å². The summed E-state index contributed by atoms with van der Waals surface area (Å²) in [5, 5.41) is 0. The number of unbranched alkanes of at least 4 members (excludes halogenated alkanes) is 1. The summed E-state index contributed by atoms with van der Waals surface area (Å²) in [6.07, 6.45) is 11.3. The molecule has 0 aromatic rings. The number of methoxy groups -OCH3 is 1. The third-order valence-electron chi connectivity index (χ3n) is 4.30. The number of rotatable bonds is 11. The van der Waals surface area contributed by atoms with E-state index in [0.29, 0.717) is 18.8 Å². The van der Waals surface area contributed by atoms with Gasteiger partial charge in [-0.25, -0.2) is 0 Å². The van der Waals surface area contributed by atoms with Crippen LogP contribution in [0.15, 0.2) is 25.3 Å². The highest BCUT2D eigenvalue weighted by Crippen LogP contribution is 2.41. The second kappa shape index (κ2) is 10.9. The van der Waals surface area contributed by atoms with Crippen molar-refractivity contribution >= 4 is 8.56 Å². The van der Waals surface area contributed by atoms with Crippen LogP contribution in [0.3, 0.4) is 0 Å². The Balaban J connectivity index is 3.03. The van der Waals surface area contributed by atoms with Gasteiger partial charge in [0.15, 0.2) is 0 Å². The lowest BCUT2D eigenvalue weighted by Crippen LogP contribution is -2.51. The van der Waals surface area contributed by atoms with Gasteiger partial charge >= 0.3 is 8.56 Å². The first-order valence-corrected chi connectivity index (χ1v) is 10.9. The molecule has 0 N–H and O–H groups in total. The Labute approximate surface area is 149 Å². The zero-order chi connectivity index (χ0) is 17.9. The fourth-order valence-corrected chi connectivity index (χ4v) is 6.81. The summed E-state index contributed by atoms with van der Waals surface area (Å²) >= 11 is 0.